The molecule has 148 valence electrons. The molecule has 1 N–H and O–H groups in total. The number of morpholine rings is 1. The maximum atomic E-state index is 12.7. The molecule has 0 spiro atoms. The fourth-order valence-corrected chi connectivity index (χ4v) is 4.78. The number of nitro benzene ring substituents is 1. The molecular formula is C17H24N4O5S. The quantitative estimate of drug-likeness (QED) is 0.449. The predicted octanol–water partition coefficient (Wildman–Crippen LogP) is 2.59. The molecular weight excluding hydrogens is 372 g/mol. The summed E-state index contributed by atoms with van der Waals surface area (Å²) in [5.74, 6) is 0.381. The lowest BCUT2D eigenvalue weighted by molar-refractivity contribution is -0.384. The van der Waals surface area contributed by atoms with Crippen molar-refractivity contribution < 1.29 is 18.1 Å². The maximum Gasteiger partial charge on any atom is 0.295 e. The average molecular weight is 396 g/mol. The van der Waals surface area contributed by atoms with Crippen molar-refractivity contribution in [2.45, 2.75) is 37.0 Å². The zero-order valence-electron chi connectivity index (χ0n) is 15.0. The minimum Gasteiger partial charge on any atom is -0.379 e. The number of nitrogens with zero attached hydrogens (tertiary/aromatic N) is 3. The van der Waals surface area contributed by atoms with E-state index < -0.39 is 14.9 Å². The molecule has 1 saturated carbocycles. The largest absolute Gasteiger partial charge is 0.379 e. The van der Waals surface area contributed by atoms with Crippen LogP contribution < -0.4 is 5.43 Å². The minimum atomic E-state index is -3.79. The van der Waals surface area contributed by atoms with Crippen LogP contribution in [0.1, 0.15) is 32.1 Å². The van der Waals surface area contributed by atoms with Gasteiger partial charge in [-0.15, -0.1) is 0 Å². The zero-order chi connectivity index (χ0) is 19.3. The third kappa shape index (κ3) is 4.82. The van der Waals surface area contributed by atoms with Crippen LogP contribution in [0.4, 0.5) is 11.4 Å². The molecule has 1 aliphatic heterocycles. The summed E-state index contributed by atoms with van der Waals surface area (Å²) in [5, 5.41) is 15.6. The molecule has 3 rings (SSSR count). The highest BCUT2D eigenvalue weighted by Crippen LogP contribution is 2.29. The van der Waals surface area contributed by atoms with E-state index in [2.05, 4.69) is 10.5 Å². The van der Waals surface area contributed by atoms with Crippen molar-refractivity contribution in [3.63, 3.8) is 0 Å². The summed E-state index contributed by atoms with van der Waals surface area (Å²) in [6, 6.07) is 3.85. The molecule has 27 heavy (non-hydrogen) atoms. The van der Waals surface area contributed by atoms with Crippen LogP contribution in [0, 0.1) is 16.0 Å². The second-order valence-corrected chi connectivity index (χ2v) is 8.68. The second kappa shape index (κ2) is 8.77. The molecule has 1 saturated heterocycles. The molecule has 10 heteroatoms. The first kappa shape index (κ1) is 19.7. The molecule has 0 amide bonds. The van der Waals surface area contributed by atoms with Gasteiger partial charge in [-0.1, -0.05) is 19.3 Å². The Morgan fingerprint density at radius 2 is 1.93 bits per heavy atom. The van der Waals surface area contributed by atoms with Crippen LogP contribution in [0.25, 0.3) is 0 Å². The van der Waals surface area contributed by atoms with Gasteiger partial charge in [0.05, 0.1) is 23.0 Å². The monoisotopic (exact) mass is 396 g/mol. The van der Waals surface area contributed by atoms with Gasteiger partial charge in [-0.3, -0.25) is 15.5 Å². The number of nitrogens with one attached hydrogen (secondary N) is 1. The standard InChI is InChI=1S/C17H24N4O5S/c22-21(23)17-12-15(27(24,25)20-8-10-26-11-9-20)6-7-16(17)19-18-13-14-4-2-1-3-5-14/h6-7,12-14,19H,1-5,8-11H2/b18-13+. The highest BCUT2D eigenvalue weighted by Gasteiger charge is 2.28. The molecule has 2 fully saturated rings. The molecule has 9 nitrogen and oxygen atoms in total. The van der Waals surface area contributed by atoms with E-state index >= 15 is 0 Å². The Morgan fingerprint density at radius 1 is 1.22 bits per heavy atom. The molecule has 0 bridgehead atoms. The van der Waals surface area contributed by atoms with E-state index in [0.717, 1.165) is 18.9 Å². The number of ether oxygens (including phenoxy) is 1. The average Bonchev–Trinajstić information content (AvgIpc) is 2.69. The number of benzene rings is 1. The number of hydrazone groups is 1. The van der Waals surface area contributed by atoms with Crippen LogP contribution in [0.2, 0.25) is 0 Å². The Labute approximate surface area is 158 Å². The lowest BCUT2D eigenvalue weighted by Gasteiger charge is -2.26. The van der Waals surface area contributed by atoms with Crippen LogP contribution in [-0.2, 0) is 14.8 Å². The van der Waals surface area contributed by atoms with Gasteiger partial charge in [0.15, 0.2) is 0 Å². The number of anilines is 1. The minimum absolute atomic E-state index is 0.0992. The molecule has 0 atom stereocenters. The van der Waals surface area contributed by atoms with Gasteiger partial charge in [-0.05, 0) is 30.9 Å². The van der Waals surface area contributed by atoms with Gasteiger partial charge in [-0.25, -0.2) is 8.42 Å². The van der Waals surface area contributed by atoms with Gasteiger partial charge >= 0.3 is 0 Å². The number of hydrogen-bond donors (Lipinski definition) is 1. The molecule has 1 heterocycles. The van der Waals surface area contributed by atoms with E-state index in [1.165, 1.54) is 35.7 Å². The van der Waals surface area contributed by atoms with E-state index in [1.54, 1.807) is 6.21 Å². The van der Waals surface area contributed by atoms with E-state index in [1.807, 2.05) is 0 Å². The van der Waals surface area contributed by atoms with Gasteiger partial charge in [0, 0.05) is 25.4 Å². The van der Waals surface area contributed by atoms with Crippen molar-refractivity contribution in [1.29, 1.82) is 0 Å². The molecule has 1 aliphatic carbocycles. The predicted molar refractivity (Wildman–Crippen MR) is 101 cm³/mol. The molecule has 1 aromatic carbocycles. The summed E-state index contributed by atoms with van der Waals surface area (Å²) in [6.07, 6.45) is 7.52. The lowest BCUT2D eigenvalue weighted by Crippen LogP contribution is -2.40. The topological polar surface area (TPSA) is 114 Å². The smallest absolute Gasteiger partial charge is 0.295 e. The number of rotatable bonds is 6. The number of hydrogen-bond acceptors (Lipinski definition) is 7. The van der Waals surface area contributed by atoms with E-state index in [0.29, 0.717) is 19.1 Å². The Morgan fingerprint density at radius 3 is 2.59 bits per heavy atom. The van der Waals surface area contributed by atoms with Crippen LogP contribution in [0.3, 0.4) is 0 Å². The van der Waals surface area contributed by atoms with Gasteiger partial charge in [-0.2, -0.15) is 9.41 Å². The van der Waals surface area contributed by atoms with Crippen molar-refractivity contribution in [1.82, 2.24) is 4.31 Å². The molecule has 2 aliphatic rings. The maximum absolute atomic E-state index is 12.7. The first-order valence-electron chi connectivity index (χ1n) is 9.14. The Kier molecular flexibility index (Phi) is 6.40. The van der Waals surface area contributed by atoms with Crippen molar-refractivity contribution in [3.05, 3.63) is 28.3 Å². The fraction of sp³-hybridized carbons (Fsp3) is 0.588. The van der Waals surface area contributed by atoms with Crippen molar-refractivity contribution in [2.75, 3.05) is 31.7 Å². The SMILES string of the molecule is O=[N+]([O-])c1cc(S(=O)(=O)N2CCOCC2)ccc1N/N=C/C1CCCCC1. The van der Waals surface area contributed by atoms with Crippen LogP contribution in [0.15, 0.2) is 28.2 Å². The van der Waals surface area contributed by atoms with Gasteiger partial charge < -0.3 is 4.74 Å². The van der Waals surface area contributed by atoms with Crippen molar-refractivity contribution in [2.24, 2.45) is 11.0 Å². The van der Waals surface area contributed by atoms with Crippen molar-refractivity contribution >= 4 is 27.6 Å². The van der Waals surface area contributed by atoms with Crippen LogP contribution in [0.5, 0.6) is 0 Å². The Hall–Kier alpha value is -2.04. The highest BCUT2D eigenvalue weighted by atomic mass is 32.2. The first-order chi connectivity index (χ1) is 13.0. The highest BCUT2D eigenvalue weighted by molar-refractivity contribution is 7.89. The second-order valence-electron chi connectivity index (χ2n) is 6.74. The van der Waals surface area contributed by atoms with Gasteiger partial charge in [0.1, 0.15) is 5.69 Å². The summed E-state index contributed by atoms with van der Waals surface area (Å²) in [6.45, 7) is 1.11. The first-order valence-corrected chi connectivity index (χ1v) is 10.6. The number of nitro groups is 1. The van der Waals surface area contributed by atoms with Crippen LogP contribution in [-0.4, -0.2) is 50.2 Å². The number of sulfonamides is 1. The van der Waals surface area contributed by atoms with Gasteiger partial charge in [0.25, 0.3) is 5.69 Å². The third-order valence-corrected chi connectivity index (χ3v) is 6.79. The molecule has 0 radical (unpaired) electrons. The third-order valence-electron chi connectivity index (χ3n) is 4.89. The lowest BCUT2D eigenvalue weighted by atomic mass is 9.90. The Balaban J connectivity index is 1.78. The zero-order valence-corrected chi connectivity index (χ0v) is 15.9. The summed E-state index contributed by atoms with van der Waals surface area (Å²) in [5.41, 5.74) is 2.56. The van der Waals surface area contributed by atoms with Crippen molar-refractivity contribution in [3.8, 4) is 0 Å². The molecule has 0 aromatic heterocycles. The molecule has 1 aromatic rings. The van der Waals surface area contributed by atoms with E-state index in [9.17, 15) is 18.5 Å². The fourth-order valence-electron chi connectivity index (χ4n) is 3.35. The van der Waals surface area contributed by atoms with E-state index in [-0.39, 0.29) is 29.4 Å². The summed E-state index contributed by atoms with van der Waals surface area (Å²) in [4.78, 5) is 10.7. The molecule has 0 unspecified atom stereocenters. The van der Waals surface area contributed by atoms with E-state index in [4.69, 9.17) is 4.74 Å². The normalized spacial score (nSPS) is 20.0. The summed E-state index contributed by atoms with van der Waals surface area (Å²) >= 11 is 0. The van der Waals surface area contributed by atoms with Crippen LogP contribution >= 0.6 is 0 Å². The van der Waals surface area contributed by atoms with Gasteiger partial charge in [0.2, 0.25) is 10.0 Å². The Bertz CT molecular complexity index is 800. The summed E-state index contributed by atoms with van der Waals surface area (Å²) < 4.78 is 31.8. The summed E-state index contributed by atoms with van der Waals surface area (Å²) in [7, 11) is -3.79.